The Hall–Kier alpha value is -1.16. The van der Waals surface area contributed by atoms with Crippen LogP contribution in [0.3, 0.4) is 0 Å². The molecule has 2 aromatic rings. The summed E-state index contributed by atoms with van der Waals surface area (Å²) in [5, 5.41) is 3.25. The molecule has 2 rings (SSSR count). The second kappa shape index (κ2) is 5.80. The first-order valence-corrected chi connectivity index (χ1v) is 4.72. The predicted octanol–water partition coefficient (Wildman–Crippen LogP) is -0.289. The maximum atomic E-state index is 5.60. The first-order chi connectivity index (χ1) is 7.24. The van der Waals surface area contributed by atoms with Gasteiger partial charge in [-0.2, -0.15) is 0 Å². The molecule has 0 aliphatic heterocycles. The van der Waals surface area contributed by atoms with E-state index in [1.165, 1.54) is 0 Å². The molecule has 4 heteroatoms. The van der Waals surface area contributed by atoms with Crippen molar-refractivity contribution in [1.29, 1.82) is 0 Å². The maximum absolute atomic E-state index is 5.60. The third kappa shape index (κ3) is 3.45. The van der Waals surface area contributed by atoms with Gasteiger partial charge in [-0.25, -0.2) is 0 Å². The molecule has 3 nitrogen and oxygen atoms in total. The number of anilines is 4. The molecule has 78 valence electrons. The van der Waals surface area contributed by atoms with Crippen LogP contribution < -0.4 is 46.3 Å². The van der Waals surface area contributed by atoms with Crippen LogP contribution in [0.2, 0.25) is 0 Å². The minimum atomic E-state index is 0. The fourth-order valence-electron chi connectivity index (χ4n) is 1.30. The number of benzene rings is 2. The molecule has 0 radical (unpaired) electrons. The van der Waals surface area contributed by atoms with Gasteiger partial charge in [0.25, 0.3) is 0 Å². The minimum absolute atomic E-state index is 0. The summed E-state index contributed by atoms with van der Waals surface area (Å²) >= 11 is 0. The Kier molecular flexibility index (Phi) is 4.68. The average Bonchev–Trinajstić information content (AvgIpc) is 2.25. The van der Waals surface area contributed by atoms with Crippen LogP contribution >= 0.6 is 0 Å². The molecule has 0 unspecified atom stereocenters. The van der Waals surface area contributed by atoms with E-state index in [2.05, 4.69) is 5.32 Å². The Balaban J connectivity index is 0.00000128. The molecule has 5 N–H and O–H groups in total. The van der Waals surface area contributed by atoms with Gasteiger partial charge in [-0.05, 0) is 48.5 Å². The number of nitrogens with two attached hydrogens (primary N) is 2. The molecule has 0 saturated heterocycles. The fourth-order valence-corrected chi connectivity index (χ4v) is 1.30. The minimum Gasteiger partial charge on any atom is -1.00 e. The third-order valence-corrected chi connectivity index (χ3v) is 2.11. The van der Waals surface area contributed by atoms with Crippen molar-refractivity contribution < 1.29 is 31.0 Å². The monoisotopic (exact) mass is 223 g/mol. The number of nitrogen functional groups attached to an aromatic ring is 2. The third-order valence-electron chi connectivity index (χ3n) is 2.11. The Morgan fingerprint density at radius 1 is 0.688 bits per heavy atom. The van der Waals surface area contributed by atoms with Gasteiger partial charge in [0.1, 0.15) is 0 Å². The average molecular weight is 223 g/mol. The van der Waals surface area contributed by atoms with Crippen LogP contribution in [0, 0.1) is 0 Å². The molecule has 0 aliphatic carbocycles. The van der Waals surface area contributed by atoms with E-state index in [1.807, 2.05) is 48.5 Å². The fraction of sp³-hybridized carbons (Fsp3) is 0. The topological polar surface area (TPSA) is 64.1 Å². The number of hydrogen-bond acceptors (Lipinski definition) is 3. The second-order valence-corrected chi connectivity index (χ2v) is 3.37. The van der Waals surface area contributed by atoms with E-state index in [9.17, 15) is 0 Å². The summed E-state index contributed by atoms with van der Waals surface area (Å²) in [5.41, 5.74) is 14.7. The first-order valence-electron chi connectivity index (χ1n) is 4.72. The Bertz CT molecular complexity index is 399. The smallest absolute Gasteiger partial charge is 1.00 e. The van der Waals surface area contributed by atoms with Crippen LogP contribution in [0.25, 0.3) is 0 Å². The van der Waals surface area contributed by atoms with Crippen molar-refractivity contribution in [3.8, 4) is 0 Å². The van der Waals surface area contributed by atoms with Crippen LogP contribution in [0.4, 0.5) is 22.7 Å². The number of hydrogen-bond donors (Lipinski definition) is 3. The summed E-state index contributed by atoms with van der Waals surface area (Å²) in [6.07, 6.45) is 0. The molecule has 0 amide bonds. The summed E-state index contributed by atoms with van der Waals surface area (Å²) in [6.45, 7) is 0. The quantitative estimate of drug-likeness (QED) is 0.484. The number of nitrogens with one attached hydrogen (secondary N) is 1. The molecule has 16 heavy (non-hydrogen) atoms. The summed E-state index contributed by atoms with van der Waals surface area (Å²) in [4.78, 5) is 0. The Morgan fingerprint density at radius 3 is 1.31 bits per heavy atom. The van der Waals surface area contributed by atoms with Crippen LogP contribution in [0.15, 0.2) is 48.5 Å². The van der Waals surface area contributed by atoms with Crippen LogP contribution in [-0.2, 0) is 0 Å². The van der Waals surface area contributed by atoms with E-state index >= 15 is 0 Å². The SMILES string of the molecule is Nc1ccc(Nc2ccc(N)cc2)cc1.[H-].[Na+]. The molecule has 0 aromatic heterocycles. The van der Waals surface area contributed by atoms with Crippen molar-refractivity contribution in [3.05, 3.63) is 48.5 Å². The summed E-state index contributed by atoms with van der Waals surface area (Å²) in [6, 6.07) is 15.2. The second-order valence-electron chi connectivity index (χ2n) is 3.37. The zero-order chi connectivity index (χ0) is 10.7. The Morgan fingerprint density at radius 2 is 1.00 bits per heavy atom. The van der Waals surface area contributed by atoms with Crippen molar-refractivity contribution in [2.24, 2.45) is 0 Å². The molecule has 2 aromatic carbocycles. The van der Waals surface area contributed by atoms with Crippen molar-refractivity contribution in [3.63, 3.8) is 0 Å². The molecule has 0 atom stereocenters. The zero-order valence-electron chi connectivity index (χ0n) is 10.3. The molecule has 0 fully saturated rings. The molecular weight excluding hydrogens is 209 g/mol. The summed E-state index contributed by atoms with van der Waals surface area (Å²) in [5.74, 6) is 0. The largest absolute Gasteiger partial charge is 1.00 e. The summed E-state index contributed by atoms with van der Waals surface area (Å²) < 4.78 is 0. The van der Waals surface area contributed by atoms with E-state index in [0.29, 0.717) is 0 Å². The molecule has 0 spiro atoms. The van der Waals surface area contributed by atoms with Crippen LogP contribution in [0.1, 0.15) is 1.43 Å². The van der Waals surface area contributed by atoms with Gasteiger partial charge in [0.2, 0.25) is 0 Å². The standard InChI is InChI=1S/C12H13N3.Na.H/c13-9-1-5-11(6-2-9)15-12-7-3-10(14)4-8-12;;/h1-8,15H,13-14H2;;/q;+1;-1. The van der Waals surface area contributed by atoms with Gasteiger partial charge in [-0.3, -0.25) is 0 Å². The van der Waals surface area contributed by atoms with Crippen molar-refractivity contribution in [1.82, 2.24) is 0 Å². The van der Waals surface area contributed by atoms with Gasteiger partial charge in [0.15, 0.2) is 0 Å². The molecule has 0 saturated carbocycles. The van der Waals surface area contributed by atoms with Gasteiger partial charge >= 0.3 is 29.6 Å². The van der Waals surface area contributed by atoms with Crippen LogP contribution in [0.5, 0.6) is 0 Å². The van der Waals surface area contributed by atoms with E-state index in [4.69, 9.17) is 11.5 Å². The molecule has 0 aliphatic rings. The molecule has 0 heterocycles. The van der Waals surface area contributed by atoms with Gasteiger partial charge in [0, 0.05) is 22.7 Å². The zero-order valence-corrected chi connectivity index (χ0v) is 11.3. The van der Waals surface area contributed by atoms with Crippen molar-refractivity contribution >= 4 is 22.7 Å². The molecule has 0 bridgehead atoms. The molecular formula is C12H14N3Na. The van der Waals surface area contributed by atoms with E-state index in [1.54, 1.807) is 0 Å². The summed E-state index contributed by atoms with van der Waals surface area (Å²) in [7, 11) is 0. The van der Waals surface area contributed by atoms with Crippen LogP contribution in [-0.4, -0.2) is 0 Å². The first kappa shape index (κ1) is 12.9. The van der Waals surface area contributed by atoms with Gasteiger partial charge < -0.3 is 18.2 Å². The van der Waals surface area contributed by atoms with Crippen molar-refractivity contribution in [2.45, 2.75) is 0 Å². The number of rotatable bonds is 2. The van der Waals surface area contributed by atoms with E-state index in [0.717, 1.165) is 22.7 Å². The van der Waals surface area contributed by atoms with Gasteiger partial charge in [-0.15, -0.1) is 0 Å². The van der Waals surface area contributed by atoms with Gasteiger partial charge in [0.05, 0.1) is 0 Å². The predicted molar refractivity (Wildman–Crippen MR) is 66.1 cm³/mol. The Labute approximate surface area is 119 Å². The van der Waals surface area contributed by atoms with Crippen molar-refractivity contribution in [2.75, 3.05) is 16.8 Å². The van der Waals surface area contributed by atoms with E-state index in [-0.39, 0.29) is 31.0 Å². The normalized spacial score (nSPS) is 9.25. The van der Waals surface area contributed by atoms with E-state index < -0.39 is 0 Å². The van der Waals surface area contributed by atoms with Gasteiger partial charge in [-0.1, -0.05) is 0 Å². The maximum Gasteiger partial charge on any atom is 1.00 e.